The van der Waals surface area contributed by atoms with Gasteiger partial charge in [-0.25, -0.2) is 9.78 Å². The number of rotatable bonds is 5. The molecule has 0 radical (unpaired) electrons. The van der Waals surface area contributed by atoms with Gasteiger partial charge in [0.25, 0.3) is 0 Å². The summed E-state index contributed by atoms with van der Waals surface area (Å²) in [4.78, 5) is 27.0. The number of amides is 1. The lowest BCUT2D eigenvalue weighted by molar-refractivity contribution is -0.120. The van der Waals surface area contributed by atoms with Gasteiger partial charge in [-0.05, 0) is 24.6 Å². The third kappa shape index (κ3) is 4.03. The number of aromatic hydroxyl groups is 1. The van der Waals surface area contributed by atoms with Crippen molar-refractivity contribution in [2.24, 2.45) is 0 Å². The number of benzene rings is 1. The number of carbonyl (C=O) groups excluding carboxylic acids is 1. The average Bonchev–Trinajstić information content (AvgIpc) is 2.77. The van der Waals surface area contributed by atoms with E-state index in [4.69, 9.17) is 5.11 Å². The van der Waals surface area contributed by atoms with E-state index in [1.54, 1.807) is 31.2 Å². The molecule has 0 unspecified atom stereocenters. The molecule has 0 aliphatic heterocycles. The van der Waals surface area contributed by atoms with Gasteiger partial charge in [0.1, 0.15) is 15.6 Å². The molecule has 0 aliphatic rings. The summed E-state index contributed by atoms with van der Waals surface area (Å²) in [7, 11) is 0. The molecule has 2 rings (SSSR count). The van der Waals surface area contributed by atoms with Crippen LogP contribution < -0.4 is 5.32 Å². The van der Waals surface area contributed by atoms with E-state index < -0.39 is 5.97 Å². The zero-order valence-electron chi connectivity index (χ0n) is 11.3. The summed E-state index contributed by atoms with van der Waals surface area (Å²) in [5, 5.41) is 21.4. The Kier molecular flexibility index (Phi) is 4.54. The zero-order valence-corrected chi connectivity index (χ0v) is 12.1. The van der Waals surface area contributed by atoms with Crippen LogP contribution in [0.3, 0.4) is 0 Å². The van der Waals surface area contributed by atoms with E-state index in [2.05, 4.69) is 10.3 Å². The Morgan fingerprint density at radius 1 is 1.38 bits per heavy atom. The van der Waals surface area contributed by atoms with Gasteiger partial charge >= 0.3 is 5.97 Å². The molecule has 0 fully saturated rings. The summed E-state index contributed by atoms with van der Waals surface area (Å²) in [5.74, 6) is -1.14. The molecule has 21 heavy (non-hydrogen) atoms. The van der Waals surface area contributed by atoms with Gasteiger partial charge in [-0.15, -0.1) is 11.3 Å². The van der Waals surface area contributed by atoms with Crippen molar-refractivity contribution in [3.8, 4) is 5.75 Å². The fourth-order valence-electron chi connectivity index (χ4n) is 1.79. The molecule has 0 atom stereocenters. The molecule has 2 aromatic rings. The first-order chi connectivity index (χ1) is 9.95. The fraction of sp³-hybridized carbons (Fsp3) is 0.214. The van der Waals surface area contributed by atoms with Gasteiger partial charge in [-0.1, -0.05) is 12.1 Å². The second-order valence-electron chi connectivity index (χ2n) is 4.45. The first kappa shape index (κ1) is 15.0. The van der Waals surface area contributed by atoms with E-state index in [1.165, 1.54) is 0 Å². The summed E-state index contributed by atoms with van der Waals surface area (Å²) in [6.07, 6.45) is 0.0393. The van der Waals surface area contributed by atoms with E-state index in [1.807, 2.05) is 0 Å². The van der Waals surface area contributed by atoms with Gasteiger partial charge in [0.2, 0.25) is 5.91 Å². The largest absolute Gasteiger partial charge is 0.508 e. The number of carboxylic acids is 1. The first-order valence-electron chi connectivity index (χ1n) is 6.20. The summed E-state index contributed by atoms with van der Waals surface area (Å²) >= 11 is 1.01. The zero-order chi connectivity index (χ0) is 15.4. The summed E-state index contributed by atoms with van der Waals surface area (Å²) < 4.78 is 0. The van der Waals surface area contributed by atoms with E-state index in [9.17, 15) is 14.7 Å². The number of phenols is 1. The van der Waals surface area contributed by atoms with Gasteiger partial charge in [0, 0.05) is 6.54 Å². The number of phenolic OH excluding ortho intramolecular Hbond substituents is 1. The van der Waals surface area contributed by atoms with Crippen LogP contribution in [0.15, 0.2) is 24.3 Å². The van der Waals surface area contributed by atoms with Crippen molar-refractivity contribution in [3.63, 3.8) is 0 Å². The normalized spacial score (nSPS) is 10.3. The summed E-state index contributed by atoms with van der Waals surface area (Å²) in [5.41, 5.74) is 1.20. The van der Waals surface area contributed by atoms with Gasteiger partial charge in [0.15, 0.2) is 0 Å². The highest BCUT2D eigenvalue weighted by molar-refractivity contribution is 7.13. The molecule has 1 aromatic heterocycles. The molecule has 1 aromatic carbocycles. The van der Waals surface area contributed by atoms with Crippen molar-refractivity contribution >= 4 is 23.2 Å². The maximum atomic E-state index is 11.8. The molecule has 7 heteroatoms. The molecule has 0 saturated heterocycles. The smallest absolute Gasteiger partial charge is 0.347 e. The molecular formula is C14H14N2O4S. The van der Waals surface area contributed by atoms with Gasteiger partial charge in [0.05, 0.1) is 12.1 Å². The third-order valence-corrected chi connectivity index (χ3v) is 3.89. The lowest BCUT2D eigenvalue weighted by Crippen LogP contribution is -2.24. The van der Waals surface area contributed by atoms with Crippen molar-refractivity contribution < 1.29 is 19.8 Å². The standard InChI is InChI=1S/C14H14N2O4S/c1-8-13(14(19)20)21-12(16-8)6-11(18)15-7-9-3-2-4-10(17)5-9/h2-5,17H,6-7H2,1H3,(H,15,18)(H,19,20). The number of carboxylic acid groups (broad SMARTS) is 1. The molecule has 1 amide bonds. The third-order valence-electron chi connectivity index (χ3n) is 2.75. The minimum absolute atomic E-state index is 0.0393. The maximum Gasteiger partial charge on any atom is 0.347 e. The lowest BCUT2D eigenvalue weighted by atomic mass is 10.2. The number of aryl methyl sites for hydroxylation is 1. The van der Waals surface area contributed by atoms with Crippen LogP contribution >= 0.6 is 11.3 Å². The molecular weight excluding hydrogens is 292 g/mol. The summed E-state index contributed by atoms with van der Waals surface area (Å²) in [6.45, 7) is 1.90. The van der Waals surface area contributed by atoms with Crippen LogP contribution in [0.4, 0.5) is 0 Å². The highest BCUT2D eigenvalue weighted by atomic mass is 32.1. The van der Waals surface area contributed by atoms with E-state index in [0.29, 0.717) is 17.2 Å². The second-order valence-corrected chi connectivity index (χ2v) is 5.53. The van der Waals surface area contributed by atoms with Crippen LogP contribution in [0.5, 0.6) is 5.75 Å². The number of hydrogen-bond donors (Lipinski definition) is 3. The number of hydrogen-bond acceptors (Lipinski definition) is 5. The predicted molar refractivity (Wildman–Crippen MR) is 77.5 cm³/mol. The Morgan fingerprint density at radius 3 is 2.76 bits per heavy atom. The Labute approximate surface area is 125 Å². The van der Waals surface area contributed by atoms with Gasteiger partial charge in [-0.2, -0.15) is 0 Å². The molecule has 0 spiro atoms. The van der Waals surface area contributed by atoms with Crippen molar-refractivity contribution in [3.05, 3.63) is 45.4 Å². The van der Waals surface area contributed by atoms with Crippen LogP contribution in [0, 0.1) is 6.92 Å². The minimum atomic E-state index is -1.03. The van der Waals surface area contributed by atoms with Crippen LogP contribution in [-0.4, -0.2) is 27.1 Å². The molecule has 6 nitrogen and oxygen atoms in total. The van der Waals surface area contributed by atoms with Gasteiger partial charge in [-0.3, -0.25) is 4.79 Å². The van der Waals surface area contributed by atoms with Crippen LogP contribution in [0.1, 0.15) is 25.9 Å². The van der Waals surface area contributed by atoms with E-state index >= 15 is 0 Å². The van der Waals surface area contributed by atoms with Crippen molar-refractivity contribution in [1.82, 2.24) is 10.3 Å². The van der Waals surface area contributed by atoms with Gasteiger partial charge < -0.3 is 15.5 Å². The Balaban J connectivity index is 1.93. The number of thiazole rings is 1. The molecule has 3 N–H and O–H groups in total. The molecule has 0 bridgehead atoms. The SMILES string of the molecule is Cc1nc(CC(=O)NCc2cccc(O)c2)sc1C(=O)O. The van der Waals surface area contributed by atoms with Crippen LogP contribution in [-0.2, 0) is 17.8 Å². The van der Waals surface area contributed by atoms with Crippen molar-refractivity contribution in [2.75, 3.05) is 0 Å². The Morgan fingerprint density at radius 2 is 2.14 bits per heavy atom. The topological polar surface area (TPSA) is 99.5 Å². The van der Waals surface area contributed by atoms with Crippen LogP contribution in [0.25, 0.3) is 0 Å². The maximum absolute atomic E-state index is 11.8. The van der Waals surface area contributed by atoms with E-state index in [-0.39, 0.29) is 23.0 Å². The number of nitrogens with one attached hydrogen (secondary N) is 1. The molecule has 110 valence electrons. The fourth-order valence-corrected chi connectivity index (χ4v) is 2.70. The van der Waals surface area contributed by atoms with E-state index in [0.717, 1.165) is 16.9 Å². The molecule has 0 aliphatic carbocycles. The average molecular weight is 306 g/mol. The monoisotopic (exact) mass is 306 g/mol. The first-order valence-corrected chi connectivity index (χ1v) is 7.01. The molecule has 0 saturated carbocycles. The Bertz CT molecular complexity index is 681. The predicted octanol–water partition coefficient (Wildman–Crippen LogP) is 1.71. The number of nitrogens with zero attached hydrogens (tertiary/aromatic N) is 1. The lowest BCUT2D eigenvalue weighted by Gasteiger charge is -2.04. The highest BCUT2D eigenvalue weighted by Crippen LogP contribution is 2.18. The summed E-state index contributed by atoms with van der Waals surface area (Å²) in [6, 6.07) is 6.60. The Hall–Kier alpha value is -2.41. The molecule has 1 heterocycles. The van der Waals surface area contributed by atoms with Crippen molar-refractivity contribution in [1.29, 1.82) is 0 Å². The number of carbonyl (C=O) groups is 2. The quantitative estimate of drug-likeness (QED) is 0.781. The highest BCUT2D eigenvalue weighted by Gasteiger charge is 2.15. The minimum Gasteiger partial charge on any atom is -0.508 e. The number of aromatic nitrogens is 1. The van der Waals surface area contributed by atoms with Crippen LogP contribution in [0.2, 0.25) is 0 Å². The van der Waals surface area contributed by atoms with Crippen molar-refractivity contribution in [2.45, 2.75) is 19.9 Å². The number of aromatic carboxylic acids is 1. The second kappa shape index (κ2) is 6.36.